The van der Waals surface area contributed by atoms with Crippen molar-refractivity contribution in [1.82, 2.24) is 10.2 Å². The lowest BCUT2D eigenvalue weighted by atomic mass is 10.0. The van der Waals surface area contributed by atoms with Crippen molar-refractivity contribution < 1.29 is 23.8 Å². The van der Waals surface area contributed by atoms with E-state index in [1.165, 1.54) is 0 Å². The fourth-order valence-corrected chi connectivity index (χ4v) is 4.45. The highest BCUT2D eigenvalue weighted by Crippen LogP contribution is 2.27. The minimum Gasteiger partial charge on any atom is -0.497 e. The van der Waals surface area contributed by atoms with Crippen LogP contribution in [0, 0.1) is 0 Å². The highest BCUT2D eigenvalue weighted by atomic mass is 35.5. The Kier molecular flexibility index (Phi) is 9.40. The highest BCUT2D eigenvalue weighted by molar-refractivity contribution is 6.32. The first-order valence-corrected chi connectivity index (χ1v) is 12.7. The molecule has 194 valence electrons. The van der Waals surface area contributed by atoms with Gasteiger partial charge < -0.3 is 24.4 Å². The Balaban J connectivity index is 1.61. The van der Waals surface area contributed by atoms with E-state index in [0.717, 1.165) is 18.4 Å². The van der Waals surface area contributed by atoms with Gasteiger partial charge in [-0.25, -0.2) is 0 Å². The molecule has 0 aliphatic carbocycles. The molecule has 1 fully saturated rings. The Bertz CT molecular complexity index is 1170. The molecular weight excluding hydrogens is 492 g/mol. The number of rotatable bonds is 11. The Morgan fingerprint density at radius 1 is 1.05 bits per heavy atom. The van der Waals surface area contributed by atoms with Crippen LogP contribution in [0.15, 0.2) is 78.9 Å². The zero-order chi connectivity index (χ0) is 26.0. The summed E-state index contributed by atoms with van der Waals surface area (Å²) >= 11 is 6.22. The second kappa shape index (κ2) is 13.1. The number of benzene rings is 3. The summed E-state index contributed by atoms with van der Waals surface area (Å²) in [6.07, 6.45) is 1.86. The molecular formula is C29H31ClN2O5. The Hall–Kier alpha value is -3.55. The molecule has 37 heavy (non-hydrogen) atoms. The lowest BCUT2D eigenvalue weighted by Gasteiger charge is -2.32. The van der Waals surface area contributed by atoms with Crippen molar-refractivity contribution in [1.29, 1.82) is 0 Å². The first-order valence-electron chi connectivity index (χ1n) is 12.3. The van der Waals surface area contributed by atoms with Gasteiger partial charge >= 0.3 is 0 Å². The maximum absolute atomic E-state index is 13.7. The number of ether oxygens (including phenoxy) is 3. The SMILES string of the molecule is COc1ccc(CN(C(=O)COc2ccccc2Cl)C(C(=O)NCC2CCCO2)c2ccccc2)cc1. The van der Waals surface area contributed by atoms with Gasteiger partial charge in [-0.05, 0) is 48.2 Å². The molecule has 0 aromatic heterocycles. The van der Waals surface area contributed by atoms with E-state index in [0.29, 0.717) is 35.2 Å². The van der Waals surface area contributed by atoms with E-state index in [1.54, 1.807) is 36.3 Å². The summed E-state index contributed by atoms with van der Waals surface area (Å²) in [6.45, 7) is 1.01. The molecule has 1 N–H and O–H groups in total. The third-order valence-corrected chi connectivity index (χ3v) is 6.54. The van der Waals surface area contributed by atoms with Crippen LogP contribution in [0.1, 0.15) is 30.0 Å². The van der Waals surface area contributed by atoms with Crippen molar-refractivity contribution in [2.24, 2.45) is 0 Å². The van der Waals surface area contributed by atoms with E-state index in [1.807, 2.05) is 54.6 Å². The Morgan fingerprint density at radius 3 is 2.46 bits per heavy atom. The number of hydrogen-bond donors (Lipinski definition) is 1. The second-order valence-corrected chi connectivity index (χ2v) is 9.19. The van der Waals surface area contributed by atoms with Crippen LogP contribution >= 0.6 is 11.6 Å². The van der Waals surface area contributed by atoms with Crippen LogP contribution in [-0.2, 0) is 20.9 Å². The Labute approximate surface area is 222 Å². The van der Waals surface area contributed by atoms with Crippen LogP contribution in [0.4, 0.5) is 0 Å². The maximum atomic E-state index is 13.7. The summed E-state index contributed by atoms with van der Waals surface area (Å²) in [5.41, 5.74) is 1.55. The third-order valence-electron chi connectivity index (χ3n) is 6.22. The molecule has 2 amide bonds. The van der Waals surface area contributed by atoms with E-state index >= 15 is 0 Å². The molecule has 0 radical (unpaired) electrons. The molecule has 0 spiro atoms. The number of amides is 2. The van der Waals surface area contributed by atoms with Gasteiger partial charge in [0.15, 0.2) is 6.61 Å². The number of nitrogens with zero attached hydrogens (tertiary/aromatic N) is 1. The maximum Gasteiger partial charge on any atom is 0.261 e. The van der Waals surface area contributed by atoms with Gasteiger partial charge in [-0.3, -0.25) is 9.59 Å². The molecule has 1 aliphatic heterocycles. The summed E-state index contributed by atoms with van der Waals surface area (Å²) in [5.74, 6) is 0.483. The van der Waals surface area contributed by atoms with E-state index < -0.39 is 6.04 Å². The standard InChI is InChI=1S/C29H31ClN2O5/c1-35-23-15-13-21(14-16-23)19-32(27(33)20-37-26-12-6-5-11-25(26)30)28(22-8-3-2-4-9-22)29(34)31-18-24-10-7-17-36-24/h2-6,8-9,11-16,24,28H,7,10,17-20H2,1H3,(H,31,34). The lowest BCUT2D eigenvalue weighted by Crippen LogP contribution is -2.46. The average molecular weight is 523 g/mol. The second-order valence-electron chi connectivity index (χ2n) is 8.78. The normalized spacial score (nSPS) is 15.6. The van der Waals surface area contributed by atoms with E-state index in [-0.39, 0.29) is 31.1 Å². The number of hydrogen-bond acceptors (Lipinski definition) is 5. The van der Waals surface area contributed by atoms with Crippen LogP contribution in [0.25, 0.3) is 0 Å². The van der Waals surface area contributed by atoms with Gasteiger partial charge in [0.05, 0.1) is 18.2 Å². The highest BCUT2D eigenvalue weighted by Gasteiger charge is 2.32. The summed E-state index contributed by atoms with van der Waals surface area (Å²) in [4.78, 5) is 28.8. The van der Waals surface area contributed by atoms with E-state index in [9.17, 15) is 9.59 Å². The van der Waals surface area contributed by atoms with Crippen LogP contribution in [0.2, 0.25) is 5.02 Å². The van der Waals surface area contributed by atoms with Crippen LogP contribution < -0.4 is 14.8 Å². The molecule has 0 saturated carbocycles. The molecule has 0 bridgehead atoms. The molecule has 3 aromatic carbocycles. The number of halogens is 1. The van der Waals surface area contributed by atoms with Gasteiger partial charge in [-0.1, -0.05) is 66.2 Å². The monoisotopic (exact) mass is 522 g/mol. The van der Waals surface area contributed by atoms with Crippen LogP contribution in [0.5, 0.6) is 11.5 Å². The molecule has 4 rings (SSSR count). The minimum absolute atomic E-state index is 0.0188. The number of nitrogens with one attached hydrogen (secondary N) is 1. The van der Waals surface area contributed by atoms with Gasteiger partial charge in [0.2, 0.25) is 5.91 Å². The fraction of sp³-hybridized carbons (Fsp3) is 0.310. The summed E-state index contributed by atoms with van der Waals surface area (Å²) in [7, 11) is 1.60. The smallest absolute Gasteiger partial charge is 0.261 e. The molecule has 1 heterocycles. The topological polar surface area (TPSA) is 77.1 Å². The molecule has 2 atom stereocenters. The number of methoxy groups -OCH3 is 1. The summed E-state index contributed by atoms with van der Waals surface area (Å²) in [5, 5.41) is 3.41. The fourth-order valence-electron chi connectivity index (χ4n) is 4.26. The summed E-state index contributed by atoms with van der Waals surface area (Å²) in [6, 6.07) is 22.8. The van der Waals surface area contributed by atoms with Crippen molar-refractivity contribution in [3.05, 3.63) is 95.0 Å². The van der Waals surface area contributed by atoms with Crippen LogP contribution in [-0.4, -0.2) is 49.7 Å². The predicted molar refractivity (Wildman–Crippen MR) is 142 cm³/mol. The largest absolute Gasteiger partial charge is 0.497 e. The van der Waals surface area contributed by atoms with Crippen molar-refractivity contribution >= 4 is 23.4 Å². The lowest BCUT2D eigenvalue weighted by molar-refractivity contribution is -0.143. The van der Waals surface area contributed by atoms with Crippen molar-refractivity contribution in [3.63, 3.8) is 0 Å². The van der Waals surface area contributed by atoms with E-state index in [4.69, 9.17) is 25.8 Å². The molecule has 2 unspecified atom stereocenters. The van der Waals surface area contributed by atoms with Crippen molar-refractivity contribution in [2.75, 3.05) is 26.9 Å². The first-order chi connectivity index (χ1) is 18.0. The van der Waals surface area contributed by atoms with Gasteiger partial charge in [0, 0.05) is 19.7 Å². The number of para-hydroxylation sites is 1. The van der Waals surface area contributed by atoms with E-state index in [2.05, 4.69) is 5.32 Å². The van der Waals surface area contributed by atoms with Gasteiger partial charge in [0.1, 0.15) is 17.5 Å². The van der Waals surface area contributed by atoms with Crippen molar-refractivity contribution in [2.45, 2.75) is 31.5 Å². The average Bonchev–Trinajstić information content (AvgIpc) is 3.46. The minimum atomic E-state index is -0.868. The quantitative estimate of drug-likeness (QED) is 0.392. The molecule has 1 saturated heterocycles. The molecule has 7 nitrogen and oxygen atoms in total. The Morgan fingerprint density at radius 2 is 1.78 bits per heavy atom. The number of carbonyl (C=O) groups is 2. The predicted octanol–water partition coefficient (Wildman–Crippen LogP) is 4.79. The molecule has 8 heteroatoms. The van der Waals surface area contributed by atoms with Gasteiger partial charge in [0.25, 0.3) is 5.91 Å². The molecule has 3 aromatic rings. The van der Waals surface area contributed by atoms with Gasteiger partial charge in [-0.2, -0.15) is 0 Å². The molecule has 1 aliphatic rings. The third kappa shape index (κ3) is 7.24. The zero-order valence-electron chi connectivity index (χ0n) is 20.8. The van der Waals surface area contributed by atoms with Crippen molar-refractivity contribution in [3.8, 4) is 11.5 Å². The van der Waals surface area contributed by atoms with Gasteiger partial charge in [-0.15, -0.1) is 0 Å². The summed E-state index contributed by atoms with van der Waals surface area (Å²) < 4.78 is 16.7. The number of carbonyl (C=O) groups excluding carboxylic acids is 2. The first kappa shape index (κ1) is 26.5. The zero-order valence-corrected chi connectivity index (χ0v) is 21.5. The van der Waals surface area contributed by atoms with Crippen LogP contribution in [0.3, 0.4) is 0 Å².